The number of rotatable bonds is 3. The van der Waals surface area contributed by atoms with Crippen molar-refractivity contribution < 1.29 is 4.79 Å². The van der Waals surface area contributed by atoms with Crippen molar-refractivity contribution in [2.45, 2.75) is 27.7 Å². The Bertz CT molecular complexity index is 1160. The van der Waals surface area contributed by atoms with Crippen LogP contribution >= 0.6 is 11.8 Å². The lowest BCUT2D eigenvalue weighted by Gasteiger charge is -2.03. The molecular formula is C23H22N4OS. The lowest BCUT2D eigenvalue weighted by Crippen LogP contribution is -2.19. The summed E-state index contributed by atoms with van der Waals surface area (Å²) in [5.41, 5.74) is 6.97. The molecule has 0 radical (unpaired) electrons. The van der Waals surface area contributed by atoms with Crippen molar-refractivity contribution in [2.24, 2.45) is 4.99 Å². The van der Waals surface area contributed by atoms with Gasteiger partial charge in [-0.25, -0.2) is 9.67 Å². The molecule has 1 saturated heterocycles. The van der Waals surface area contributed by atoms with Crippen molar-refractivity contribution in [2.75, 3.05) is 0 Å². The normalized spacial score (nSPS) is 16.6. The van der Waals surface area contributed by atoms with Gasteiger partial charge < -0.3 is 5.32 Å². The zero-order valence-electron chi connectivity index (χ0n) is 16.9. The van der Waals surface area contributed by atoms with Crippen molar-refractivity contribution in [3.05, 3.63) is 81.5 Å². The number of benzene rings is 2. The monoisotopic (exact) mass is 402 g/mol. The third-order valence-electron chi connectivity index (χ3n) is 4.85. The van der Waals surface area contributed by atoms with E-state index in [0.29, 0.717) is 10.1 Å². The van der Waals surface area contributed by atoms with E-state index in [4.69, 9.17) is 0 Å². The van der Waals surface area contributed by atoms with E-state index in [1.54, 1.807) is 0 Å². The van der Waals surface area contributed by atoms with E-state index in [1.165, 1.54) is 17.3 Å². The number of para-hydroxylation sites is 1. The zero-order chi connectivity index (χ0) is 20.5. The number of nitrogens with one attached hydrogen (secondary N) is 1. The van der Waals surface area contributed by atoms with Crippen molar-refractivity contribution in [1.29, 1.82) is 0 Å². The quantitative estimate of drug-likeness (QED) is 0.628. The Hall–Kier alpha value is -3.12. The van der Waals surface area contributed by atoms with E-state index in [2.05, 4.69) is 28.4 Å². The first-order chi connectivity index (χ1) is 13.9. The highest BCUT2D eigenvalue weighted by atomic mass is 32.2. The highest BCUT2D eigenvalue weighted by molar-refractivity contribution is 8.18. The summed E-state index contributed by atoms with van der Waals surface area (Å²) in [6.07, 6.45) is 1.90. The number of aryl methyl sites for hydroxylation is 3. The number of thioether (sulfide) groups is 1. The van der Waals surface area contributed by atoms with E-state index in [0.717, 1.165) is 33.9 Å². The van der Waals surface area contributed by atoms with Gasteiger partial charge in [0.05, 0.1) is 22.0 Å². The fourth-order valence-electron chi connectivity index (χ4n) is 3.34. The number of amidine groups is 1. The number of amides is 1. The summed E-state index contributed by atoms with van der Waals surface area (Å²) in [4.78, 5) is 17.8. The molecule has 2 heterocycles. The summed E-state index contributed by atoms with van der Waals surface area (Å²) in [7, 11) is 0. The molecule has 1 aliphatic rings. The van der Waals surface area contributed by atoms with Gasteiger partial charge in [0.15, 0.2) is 5.17 Å². The Morgan fingerprint density at radius 1 is 1.07 bits per heavy atom. The molecule has 146 valence electrons. The molecule has 0 saturated carbocycles. The maximum absolute atomic E-state index is 12.5. The Labute approximate surface area is 174 Å². The first kappa shape index (κ1) is 19.2. The fraction of sp³-hybridized carbons (Fsp3) is 0.174. The Balaban J connectivity index is 1.65. The van der Waals surface area contributed by atoms with Crippen LogP contribution < -0.4 is 5.32 Å². The molecule has 4 rings (SSSR count). The minimum Gasteiger partial charge on any atom is -0.300 e. The lowest BCUT2D eigenvalue weighted by atomic mass is 10.1. The van der Waals surface area contributed by atoms with Gasteiger partial charge in [-0.15, -0.1) is 0 Å². The zero-order valence-corrected chi connectivity index (χ0v) is 17.7. The Kier molecular flexibility index (Phi) is 5.11. The topological polar surface area (TPSA) is 59.3 Å². The third kappa shape index (κ3) is 3.89. The third-order valence-corrected chi connectivity index (χ3v) is 5.76. The second-order valence-electron chi connectivity index (χ2n) is 7.10. The molecule has 1 aliphatic heterocycles. The average Bonchev–Trinajstić information content (AvgIpc) is 3.18. The molecule has 0 aliphatic carbocycles. The molecule has 2 aromatic carbocycles. The fourth-order valence-corrected chi connectivity index (χ4v) is 4.15. The van der Waals surface area contributed by atoms with Crippen LogP contribution in [-0.2, 0) is 4.79 Å². The second-order valence-corrected chi connectivity index (χ2v) is 8.13. The summed E-state index contributed by atoms with van der Waals surface area (Å²) >= 11 is 1.36. The number of aromatic nitrogens is 2. The molecule has 1 fully saturated rings. The van der Waals surface area contributed by atoms with Crippen LogP contribution in [0.2, 0.25) is 0 Å². The Morgan fingerprint density at radius 3 is 2.55 bits per heavy atom. The van der Waals surface area contributed by atoms with Crippen LogP contribution in [0.4, 0.5) is 5.69 Å². The van der Waals surface area contributed by atoms with Crippen LogP contribution in [0.15, 0.2) is 58.4 Å². The molecule has 0 atom stereocenters. The predicted octanol–water partition coefficient (Wildman–Crippen LogP) is 5.00. The van der Waals surface area contributed by atoms with Gasteiger partial charge in [0, 0.05) is 11.3 Å². The molecule has 6 heteroatoms. The maximum Gasteiger partial charge on any atom is 0.264 e. The van der Waals surface area contributed by atoms with Crippen LogP contribution in [0.3, 0.4) is 0 Å². The molecule has 0 unspecified atom stereocenters. The van der Waals surface area contributed by atoms with E-state index in [1.807, 2.05) is 74.0 Å². The Morgan fingerprint density at radius 2 is 1.83 bits per heavy atom. The van der Waals surface area contributed by atoms with Gasteiger partial charge in [-0.3, -0.25) is 4.79 Å². The molecule has 1 aromatic heterocycles. The summed E-state index contributed by atoms with van der Waals surface area (Å²) in [6.45, 7) is 8.05. The number of aliphatic imine (C=N–C) groups is 1. The summed E-state index contributed by atoms with van der Waals surface area (Å²) in [6, 6.07) is 16.1. The minimum atomic E-state index is -0.134. The second kappa shape index (κ2) is 7.72. The molecule has 5 nitrogen and oxygen atoms in total. The van der Waals surface area contributed by atoms with Crippen LogP contribution in [-0.4, -0.2) is 20.9 Å². The highest BCUT2D eigenvalue weighted by Crippen LogP contribution is 2.31. The standard InChI is InChI=1S/C23H22N4OS/c1-14-10-11-20(15(2)12-14)24-23-25-22(28)21(29-23)13-19-16(3)26-27(17(19)4)18-8-6-5-7-9-18/h5-13H,1-4H3,(H,24,25,28)/b21-13+. The van der Waals surface area contributed by atoms with Crippen molar-refractivity contribution >= 4 is 34.6 Å². The number of hydrogen-bond acceptors (Lipinski definition) is 4. The van der Waals surface area contributed by atoms with Crippen LogP contribution in [0.25, 0.3) is 11.8 Å². The molecule has 29 heavy (non-hydrogen) atoms. The van der Waals surface area contributed by atoms with Gasteiger partial charge in [-0.05, 0) is 69.3 Å². The van der Waals surface area contributed by atoms with Gasteiger partial charge in [0.25, 0.3) is 5.91 Å². The highest BCUT2D eigenvalue weighted by Gasteiger charge is 2.25. The first-order valence-corrected chi connectivity index (χ1v) is 10.2. The van der Waals surface area contributed by atoms with Crippen LogP contribution in [0.5, 0.6) is 0 Å². The van der Waals surface area contributed by atoms with Crippen LogP contribution in [0.1, 0.15) is 28.1 Å². The first-order valence-electron chi connectivity index (χ1n) is 9.41. The molecule has 0 spiro atoms. The van der Waals surface area contributed by atoms with E-state index in [-0.39, 0.29) is 5.91 Å². The van der Waals surface area contributed by atoms with Gasteiger partial charge in [0.1, 0.15) is 0 Å². The molecular weight excluding hydrogens is 380 g/mol. The number of hydrogen-bond donors (Lipinski definition) is 1. The van der Waals surface area contributed by atoms with Crippen molar-refractivity contribution in [1.82, 2.24) is 15.1 Å². The number of nitrogens with zero attached hydrogens (tertiary/aromatic N) is 3. The number of carbonyl (C=O) groups is 1. The van der Waals surface area contributed by atoms with Crippen LogP contribution in [0, 0.1) is 27.7 Å². The van der Waals surface area contributed by atoms with Crippen molar-refractivity contribution in [3.8, 4) is 5.69 Å². The van der Waals surface area contributed by atoms with Gasteiger partial charge >= 0.3 is 0 Å². The largest absolute Gasteiger partial charge is 0.300 e. The lowest BCUT2D eigenvalue weighted by molar-refractivity contribution is -0.115. The average molecular weight is 403 g/mol. The SMILES string of the molecule is Cc1ccc(N=C2NC(=O)/C(=C\c3c(C)nn(-c4ccccc4)c3C)S2)c(C)c1. The van der Waals surface area contributed by atoms with Gasteiger partial charge in [-0.2, -0.15) is 5.10 Å². The minimum absolute atomic E-state index is 0.134. The molecule has 1 N–H and O–H groups in total. The van der Waals surface area contributed by atoms with E-state index in [9.17, 15) is 4.79 Å². The molecule has 1 amide bonds. The van der Waals surface area contributed by atoms with Gasteiger partial charge in [-0.1, -0.05) is 35.9 Å². The van der Waals surface area contributed by atoms with Crippen molar-refractivity contribution in [3.63, 3.8) is 0 Å². The van der Waals surface area contributed by atoms with E-state index >= 15 is 0 Å². The summed E-state index contributed by atoms with van der Waals surface area (Å²) < 4.78 is 1.91. The van der Waals surface area contributed by atoms with E-state index < -0.39 is 0 Å². The molecule has 3 aromatic rings. The smallest absolute Gasteiger partial charge is 0.264 e. The molecule has 0 bridgehead atoms. The maximum atomic E-state index is 12.5. The number of carbonyl (C=O) groups excluding carboxylic acids is 1. The summed E-state index contributed by atoms with van der Waals surface area (Å²) in [5.74, 6) is -0.134. The summed E-state index contributed by atoms with van der Waals surface area (Å²) in [5, 5.41) is 8.12. The predicted molar refractivity (Wildman–Crippen MR) is 120 cm³/mol. The van der Waals surface area contributed by atoms with Gasteiger partial charge in [0.2, 0.25) is 0 Å².